The van der Waals surface area contributed by atoms with Crippen LogP contribution in [-0.2, 0) is 16.3 Å². The second-order valence-corrected chi connectivity index (χ2v) is 3.60. The first-order chi connectivity index (χ1) is 5.94. The van der Waals surface area contributed by atoms with E-state index in [2.05, 4.69) is 0 Å². The van der Waals surface area contributed by atoms with Crippen LogP contribution in [0.15, 0.2) is 24.3 Å². The van der Waals surface area contributed by atoms with Crippen molar-refractivity contribution < 1.29 is 17.5 Å². The summed E-state index contributed by atoms with van der Waals surface area (Å²) in [5, 5.41) is -3.80. The van der Waals surface area contributed by atoms with E-state index < -0.39 is 21.9 Å². The van der Waals surface area contributed by atoms with Crippen LogP contribution in [0.2, 0.25) is 0 Å². The normalized spacial score (nSPS) is 14.2. The first-order valence-corrected chi connectivity index (χ1v) is 4.56. The molecular weight excluding hydrogens is 198 g/mol. The van der Waals surface area contributed by atoms with Gasteiger partial charge in [-0.05, 0) is 13.0 Å². The molecule has 0 heterocycles. The monoisotopic (exact) mass is 205 g/mol. The standard InChI is InChI=1S/C8H8F2O2S/c1-6-3-2-4-7(5-6)8(9,10)13(11)12/h2-5H,1H3,(H,11,12)/p-1. The van der Waals surface area contributed by atoms with Crippen molar-refractivity contribution in [3.63, 3.8) is 0 Å². The van der Waals surface area contributed by atoms with Crippen molar-refractivity contribution >= 4 is 11.1 Å². The first-order valence-electron chi connectivity index (χ1n) is 3.49. The molecule has 0 amide bonds. The molecule has 1 aromatic rings. The smallest absolute Gasteiger partial charge is 0.334 e. The lowest BCUT2D eigenvalue weighted by Gasteiger charge is -2.19. The molecule has 2 nitrogen and oxygen atoms in total. The Morgan fingerprint density at radius 1 is 1.46 bits per heavy atom. The van der Waals surface area contributed by atoms with Crippen LogP contribution in [0.1, 0.15) is 11.1 Å². The Labute approximate surface area is 76.9 Å². The summed E-state index contributed by atoms with van der Waals surface area (Å²) < 4.78 is 46.1. The van der Waals surface area contributed by atoms with E-state index in [9.17, 15) is 17.5 Å². The van der Waals surface area contributed by atoms with Crippen molar-refractivity contribution in [2.75, 3.05) is 0 Å². The summed E-state index contributed by atoms with van der Waals surface area (Å²) in [6.45, 7) is 1.62. The van der Waals surface area contributed by atoms with Crippen molar-refractivity contribution in [3.8, 4) is 0 Å². The number of aryl methyl sites for hydroxylation is 1. The van der Waals surface area contributed by atoms with Crippen LogP contribution >= 0.6 is 0 Å². The fourth-order valence-corrected chi connectivity index (χ4v) is 1.24. The molecule has 0 fully saturated rings. The van der Waals surface area contributed by atoms with Gasteiger partial charge in [-0.25, -0.2) is 0 Å². The van der Waals surface area contributed by atoms with Gasteiger partial charge in [-0.3, -0.25) is 4.21 Å². The third-order valence-corrected chi connectivity index (χ3v) is 2.22. The van der Waals surface area contributed by atoms with Gasteiger partial charge in [-0.1, -0.05) is 23.8 Å². The Morgan fingerprint density at radius 3 is 2.54 bits per heavy atom. The molecule has 72 valence electrons. The van der Waals surface area contributed by atoms with Gasteiger partial charge in [0.15, 0.2) is 0 Å². The molecule has 1 aromatic carbocycles. The molecule has 0 aliphatic rings. The van der Waals surface area contributed by atoms with E-state index >= 15 is 0 Å². The summed E-state index contributed by atoms with van der Waals surface area (Å²) in [5.74, 6) is 0. The van der Waals surface area contributed by atoms with Crippen LogP contribution in [0.4, 0.5) is 8.78 Å². The Bertz CT molecular complexity index is 339. The third kappa shape index (κ3) is 2.10. The predicted molar refractivity (Wildman–Crippen MR) is 44.0 cm³/mol. The van der Waals surface area contributed by atoms with Crippen molar-refractivity contribution in [1.82, 2.24) is 0 Å². The molecular formula is C8H7F2O2S-. The third-order valence-electron chi connectivity index (χ3n) is 1.56. The van der Waals surface area contributed by atoms with E-state index in [4.69, 9.17) is 0 Å². The molecule has 0 aliphatic carbocycles. The van der Waals surface area contributed by atoms with Gasteiger partial charge in [-0.2, -0.15) is 8.78 Å². The summed E-state index contributed by atoms with van der Waals surface area (Å²) in [6, 6.07) is 5.25. The summed E-state index contributed by atoms with van der Waals surface area (Å²) in [6.07, 6.45) is 0. The zero-order chi connectivity index (χ0) is 10.1. The van der Waals surface area contributed by atoms with Gasteiger partial charge in [-0.15, -0.1) is 0 Å². The van der Waals surface area contributed by atoms with Gasteiger partial charge >= 0.3 is 5.25 Å². The molecule has 5 heteroatoms. The Kier molecular flexibility index (Phi) is 2.77. The Hall–Kier alpha value is -0.810. The molecule has 0 spiro atoms. The van der Waals surface area contributed by atoms with Gasteiger partial charge in [0.25, 0.3) is 0 Å². The van der Waals surface area contributed by atoms with E-state index in [0.29, 0.717) is 5.56 Å². The van der Waals surface area contributed by atoms with Gasteiger partial charge in [0.1, 0.15) is 0 Å². The van der Waals surface area contributed by atoms with Crippen LogP contribution < -0.4 is 0 Å². The highest BCUT2D eigenvalue weighted by Crippen LogP contribution is 2.30. The number of hydrogen-bond donors (Lipinski definition) is 0. The average molecular weight is 205 g/mol. The van der Waals surface area contributed by atoms with Crippen LogP contribution in [0.25, 0.3) is 0 Å². The van der Waals surface area contributed by atoms with Crippen LogP contribution in [0, 0.1) is 6.92 Å². The van der Waals surface area contributed by atoms with Crippen LogP contribution in [0.3, 0.4) is 0 Å². The molecule has 0 aliphatic heterocycles. The number of halogens is 2. The zero-order valence-electron chi connectivity index (χ0n) is 6.79. The number of benzene rings is 1. The molecule has 0 saturated heterocycles. The summed E-state index contributed by atoms with van der Waals surface area (Å²) >= 11 is -3.42. The molecule has 0 radical (unpaired) electrons. The van der Waals surface area contributed by atoms with Crippen molar-refractivity contribution in [2.24, 2.45) is 0 Å². The highest BCUT2D eigenvalue weighted by molar-refractivity contribution is 7.79. The molecule has 1 atom stereocenters. The fourth-order valence-electron chi connectivity index (χ4n) is 0.922. The van der Waals surface area contributed by atoms with Gasteiger partial charge in [0, 0.05) is 16.6 Å². The number of rotatable bonds is 2. The van der Waals surface area contributed by atoms with E-state index in [1.54, 1.807) is 13.0 Å². The maximum Gasteiger partial charge on any atom is 0.334 e. The quantitative estimate of drug-likeness (QED) is 0.692. The summed E-state index contributed by atoms with van der Waals surface area (Å²) in [7, 11) is 0. The zero-order valence-corrected chi connectivity index (χ0v) is 7.61. The Balaban J connectivity index is 3.14. The fraction of sp³-hybridized carbons (Fsp3) is 0.250. The lowest BCUT2D eigenvalue weighted by molar-refractivity contribution is 0.0875. The second-order valence-electron chi connectivity index (χ2n) is 2.62. The highest BCUT2D eigenvalue weighted by Gasteiger charge is 2.32. The minimum Gasteiger partial charge on any atom is -0.768 e. The maximum atomic E-state index is 12.8. The first kappa shape index (κ1) is 10.3. The predicted octanol–water partition coefficient (Wildman–Crippen LogP) is 1.92. The number of alkyl halides is 2. The molecule has 0 saturated carbocycles. The minimum atomic E-state index is -3.80. The summed E-state index contributed by atoms with van der Waals surface area (Å²) in [5.41, 5.74) is 0.100. The van der Waals surface area contributed by atoms with Gasteiger partial charge in [0.05, 0.1) is 0 Å². The molecule has 0 N–H and O–H groups in total. The molecule has 1 unspecified atom stereocenters. The SMILES string of the molecule is Cc1cccc(C(F)(F)S(=O)[O-])c1. The highest BCUT2D eigenvalue weighted by atomic mass is 32.2. The van der Waals surface area contributed by atoms with Crippen LogP contribution in [0.5, 0.6) is 0 Å². The minimum absolute atomic E-state index is 0.499. The van der Waals surface area contributed by atoms with Gasteiger partial charge in [0.2, 0.25) is 0 Å². The van der Waals surface area contributed by atoms with E-state index in [1.165, 1.54) is 6.07 Å². The topological polar surface area (TPSA) is 40.1 Å². The van der Waals surface area contributed by atoms with Crippen LogP contribution in [-0.4, -0.2) is 8.76 Å². The lowest BCUT2D eigenvalue weighted by Crippen LogP contribution is -2.19. The van der Waals surface area contributed by atoms with E-state index in [-0.39, 0.29) is 0 Å². The van der Waals surface area contributed by atoms with Crippen molar-refractivity contribution in [2.45, 2.75) is 12.2 Å². The van der Waals surface area contributed by atoms with Crippen molar-refractivity contribution in [1.29, 1.82) is 0 Å². The largest absolute Gasteiger partial charge is 0.768 e. The molecule has 1 rings (SSSR count). The van der Waals surface area contributed by atoms with E-state index in [0.717, 1.165) is 12.1 Å². The Morgan fingerprint density at radius 2 is 2.08 bits per heavy atom. The molecule has 13 heavy (non-hydrogen) atoms. The van der Waals surface area contributed by atoms with E-state index in [1.807, 2.05) is 0 Å². The number of hydrogen-bond acceptors (Lipinski definition) is 2. The molecule has 0 bridgehead atoms. The lowest BCUT2D eigenvalue weighted by atomic mass is 10.1. The average Bonchev–Trinajstić information content (AvgIpc) is 2.04. The maximum absolute atomic E-state index is 12.8. The van der Waals surface area contributed by atoms with Crippen molar-refractivity contribution in [3.05, 3.63) is 35.4 Å². The second kappa shape index (κ2) is 3.51. The molecule has 0 aromatic heterocycles. The summed E-state index contributed by atoms with van der Waals surface area (Å²) in [4.78, 5) is 0. The van der Waals surface area contributed by atoms with Gasteiger partial charge < -0.3 is 4.55 Å².